The van der Waals surface area contributed by atoms with Gasteiger partial charge < -0.3 is 10.4 Å². The van der Waals surface area contributed by atoms with Gasteiger partial charge in [-0.2, -0.15) is 5.26 Å². The van der Waals surface area contributed by atoms with E-state index >= 15 is 0 Å². The Morgan fingerprint density at radius 3 is 2.57 bits per heavy atom. The molecule has 23 heavy (non-hydrogen) atoms. The first-order valence-corrected chi connectivity index (χ1v) is 6.94. The van der Waals surface area contributed by atoms with Crippen LogP contribution in [0.25, 0.3) is 0 Å². The SMILES string of the molecule is Cc1ccc(C(=O)Nc2c(C#N)ccc(Cl)c2C)c(C(=O)O)n1. The number of carboxylic acids is 1. The largest absolute Gasteiger partial charge is 0.476 e. The summed E-state index contributed by atoms with van der Waals surface area (Å²) in [5, 5.41) is 21.3. The molecule has 0 atom stereocenters. The molecule has 1 amide bonds. The summed E-state index contributed by atoms with van der Waals surface area (Å²) in [5.41, 5.74) is 1.05. The van der Waals surface area contributed by atoms with Crippen LogP contribution in [0.5, 0.6) is 0 Å². The zero-order valence-electron chi connectivity index (χ0n) is 12.3. The Kier molecular flexibility index (Phi) is 4.63. The molecule has 0 aliphatic rings. The third kappa shape index (κ3) is 3.30. The molecule has 6 nitrogen and oxygen atoms in total. The van der Waals surface area contributed by atoms with E-state index in [2.05, 4.69) is 10.3 Å². The van der Waals surface area contributed by atoms with Crippen LogP contribution in [-0.4, -0.2) is 22.0 Å². The molecule has 0 bridgehead atoms. The minimum absolute atomic E-state index is 0.0913. The molecule has 0 spiro atoms. The van der Waals surface area contributed by atoms with Crippen LogP contribution in [0.4, 0.5) is 5.69 Å². The van der Waals surface area contributed by atoms with Gasteiger partial charge >= 0.3 is 5.97 Å². The molecule has 116 valence electrons. The standard InChI is InChI=1S/C16H12ClN3O3/c1-8-3-5-11(14(19-8)16(22)23)15(21)20-13-9(2)12(17)6-4-10(13)7-18/h3-6H,1-2H3,(H,20,21)(H,22,23). The minimum Gasteiger partial charge on any atom is -0.476 e. The van der Waals surface area contributed by atoms with Crippen LogP contribution >= 0.6 is 11.6 Å². The van der Waals surface area contributed by atoms with E-state index in [1.165, 1.54) is 18.2 Å². The smallest absolute Gasteiger partial charge is 0.355 e. The van der Waals surface area contributed by atoms with Crippen LogP contribution in [0.3, 0.4) is 0 Å². The molecular formula is C16H12ClN3O3. The van der Waals surface area contributed by atoms with Crippen molar-refractivity contribution in [2.24, 2.45) is 0 Å². The van der Waals surface area contributed by atoms with Crippen LogP contribution < -0.4 is 5.32 Å². The van der Waals surface area contributed by atoms with Crippen molar-refractivity contribution >= 4 is 29.2 Å². The van der Waals surface area contributed by atoms with Gasteiger partial charge in [-0.05, 0) is 43.7 Å². The maximum atomic E-state index is 12.4. The van der Waals surface area contributed by atoms with E-state index in [1.807, 2.05) is 6.07 Å². The Labute approximate surface area is 137 Å². The summed E-state index contributed by atoms with van der Waals surface area (Å²) in [6.07, 6.45) is 0. The van der Waals surface area contributed by atoms with Gasteiger partial charge in [-0.1, -0.05) is 11.6 Å². The lowest BCUT2D eigenvalue weighted by molar-refractivity contribution is 0.0685. The molecule has 0 saturated carbocycles. The highest BCUT2D eigenvalue weighted by Crippen LogP contribution is 2.27. The third-order valence-corrected chi connectivity index (χ3v) is 3.65. The number of aromatic carboxylic acids is 1. The van der Waals surface area contributed by atoms with Crippen LogP contribution in [0, 0.1) is 25.2 Å². The number of carboxylic acid groups (broad SMARTS) is 1. The lowest BCUT2D eigenvalue weighted by atomic mass is 10.1. The molecule has 2 aromatic rings. The topological polar surface area (TPSA) is 103 Å². The predicted molar refractivity (Wildman–Crippen MR) is 84.8 cm³/mol. The van der Waals surface area contributed by atoms with Crippen LogP contribution in [0.15, 0.2) is 24.3 Å². The fraction of sp³-hybridized carbons (Fsp3) is 0.125. The average Bonchev–Trinajstić information content (AvgIpc) is 2.51. The first-order valence-electron chi connectivity index (χ1n) is 6.56. The summed E-state index contributed by atoms with van der Waals surface area (Å²) in [6, 6.07) is 7.92. The quantitative estimate of drug-likeness (QED) is 0.900. The molecule has 0 aliphatic carbocycles. The van der Waals surface area contributed by atoms with Gasteiger partial charge in [0, 0.05) is 10.7 Å². The number of anilines is 1. The number of halogens is 1. The zero-order valence-corrected chi connectivity index (χ0v) is 13.1. The second-order valence-corrected chi connectivity index (χ2v) is 5.22. The van der Waals surface area contributed by atoms with Gasteiger partial charge in [0.2, 0.25) is 0 Å². The van der Waals surface area contributed by atoms with Crippen molar-refractivity contribution in [1.82, 2.24) is 4.98 Å². The van der Waals surface area contributed by atoms with E-state index in [9.17, 15) is 14.7 Å². The summed E-state index contributed by atoms with van der Waals surface area (Å²) < 4.78 is 0. The molecule has 0 unspecified atom stereocenters. The van der Waals surface area contributed by atoms with Gasteiger partial charge in [0.05, 0.1) is 16.8 Å². The van der Waals surface area contributed by atoms with Crippen molar-refractivity contribution in [1.29, 1.82) is 5.26 Å². The fourth-order valence-electron chi connectivity index (χ4n) is 2.02. The number of rotatable bonds is 3. The summed E-state index contributed by atoms with van der Waals surface area (Å²) in [7, 11) is 0. The van der Waals surface area contributed by atoms with Crippen molar-refractivity contribution in [3.63, 3.8) is 0 Å². The van der Waals surface area contributed by atoms with Crippen molar-refractivity contribution in [3.8, 4) is 6.07 Å². The van der Waals surface area contributed by atoms with E-state index in [0.29, 0.717) is 16.3 Å². The molecule has 2 rings (SSSR count). The normalized spacial score (nSPS) is 10.0. The maximum absolute atomic E-state index is 12.4. The molecule has 0 fully saturated rings. The van der Waals surface area contributed by atoms with Crippen LogP contribution in [-0.2, 0) is 0 Å². The van der Waals surface area contributed by atoms with Crippen molar-refractivity contribution in [2.45, 2.75) is 13.8 Å². The molecule has 0 aliphatic heterocycles. The molecule has 1 aromatic carbocycles. The molecule has 1 heterocycles. The van der Waals surface area contributed by atoms with Gasteiger partial charge in [0.15, 0.2) is 5.69 Å². The van der Waals surface area contributed by atoms with E-state index in [1.54, 1.807) is 19.9 Å². The monoisotopic (exact) mass is 329 g/mol. The van der Waals surface area contributed by atoms with Crippen LogP contribution in [0.2, 0.25) is 5.02 Å². The first kappa shape index (κ1) is 16.5. The number of nitrogens with one attached hydrogen (secondary N) is 1. The molecule has 0 radical (unpaired) electrons. The highest BCUT2D eigenvalue weighted by Gasteiger charge is 2.20. The number of pyridine rings is 1. The van der Waals surface area contributed by atoms with Crippen molar-refractivity contribution in [2.75, 3.05) is 5.32 Å². The molecule has 7 heteroatoms. The predicted octanol–water partition coefficient (Wildman–Crippen LogP) is 3.17. The number of aromatic nitrogens is 1. The summed E-state index contributed by atoms with van der Waals surface area (Å²) in [6.45, 7) is 3.29. The Bertz CT molecular complexity index is 856. The average molecular weight is 330 g/mol. The summed E-state index contributed by atoms with van der Waals surface area (Å²) >= 11 is 6.01. The number of amides is 1. The maximum Gasteiger partial charge on any atom is 0.355 e. The van der Waals surface area contributed by atoms with Gasteiger partial charge in [-0.3, -0.25) is 4.79 Å². The van der Waals surface area contributed by atoms with E-state index < -0.39 is 11.9 Å². The first-order chi connectivity index (χ1) is 10.8. The van der Waals surface area contributed by atoms with Gasteiger partial charge in [0.25, 0.3) is 5.91 Å². The number of hydrogen-bond acceptors (Lipinski definition) is 4. The minimum atomic E-state index is -1.30. The highest BCUT2D eigenvalue weighted by molar-refractivity contribution is 6.32. The number of hydrogen-bond donors (Lipinski definition) is 2. The molecular weight excluding hydrogens is 318 g/mol. The fourth-order valence-corrected chi connectivity index (χ4v) is 2.18. The lowest BCUT2D eigenvalue weighted by Gasteiger charge is -2.12. The number of nitriles is 1. The van der Waals surface area contributed by atoms with Gasteiger partial charge in [-0.25, -0.2) is 9.78 Å². The molecule has 0 saturated heterocycles. The van der Waals surface area contributed by atoms with Crippen molar-refractivity contribution in [3.05, 3.63) is 57.4 Å². The summed E-state index contributed by atoms with van der Waals surface area (Å²) in [4.78, 5) is 27.5. The third-order valence-electron chi connectivity index (χ3n) is 3.24. The Morgan fingerprint density at radius 2 is 1.96 bits per heavy atom. The van der Waals surface area contributed by atoms with E-state index in [-0.39, 0.29) is 22.5 Å². The Hall–Kier alpha value is -2.91. The number of nitrogens with zero attached hydrogens (tertiary/aromatic N) is 2. The molecule has 2 N–H and O–H groups in total. The Balaban J connectivity index is 2.48. The zero-order chi connectivity index (χ0) is 17.1. The molecule has 1 aromatic heterocycles. The number of carbonyl (C=O) groups is 2. The second-order valence-electron chi connectivity index (χ2n) is 4.81. The Morgan fingerprint density at radius 1 is 1.26 bits per heavy atom. The van der Waals surface area contributed by atoms with Crippen molar-refractivity contribution < 1.29 is 14.7 Å². The van der Waals surface area contributed by atoms with E-state index in [4.69, 9.17) is 16.9 Å². The number of carbonyl (C=O) groups excluding carboxylic acids is 1. The van der Waals surface area contributed by atoms with E-state index in [0.717, 1.165) is 0 Å². The second kappa shape index (κ2) is 6.46. The van der Waals surface area contributed by atoms with Gasteiger partial charge in [-0.15, -0.1) is 0 Å². The number of benzene rings is 1. The number of aryl methyl sites for hydroxylation is 1. The summed E-state index contributed by atoms with van der Waals surface area (Å²) in [5.74, 6) is -1.97. The highest BCUT2D eigenvalue weighted by atomic mass is 35.5. The lowest BCUT2D eigenvalue weighted by Crippen LogP contribution is -2.19. The van der Waals surface area contributed by atoms with Crippen LogP contribution in [0.1, 0.15) is 37.7 Å². The van der Waals surface area contributed by atoms with Gasteiger partial charge in [0.1, 0.15) is 6.07 Å².